The molecule has 0 aliphatic heterocycles. The average Bonchev–Trinajstić information content (AvgIpc) is 2.85. The molecule has 21 heavy (non-hydrogen) atoms. The van der Waals surface area contributed by atoms with E-state index in [2.05, 4.69) is 10.3 Å². The number of carbonyl (C=O) groups excluding carboxylic acids is 1. The van der Waals surface area contributed by atoms with E-state index >= 15 is 0 Å². The van der Waals surface area contributed by atoms with E-state index in [9.17, 15) is 4.79 Å². The van der Waals surface area contributed by atoms with Crippen LogP contribution in [0.3, 0.4) is 0 Å². The van der Waals surface area contributed by atoms with Crippen LogP contribution in [0.4, 0.5) is 11.5 Å². The first-order chi connectivity index (χ1) is 10.2. The number of rotatable bonds is 2. The highest BCUT2D eigenvalue weighted by Gasteiger charge is 2.08. The molecule has 3 aromatic rings. The number of hydrogen-bond acceptors (Lipinski definition) is 5. The molecule has 0 fully saturated rings. The summed E-state index contributed by atoms with van der Waals surface area (Å²) in [6, 6.07) is 10.9. The molecule has 0 saturated carbocycles. The molecule has 0 saturated heterocycles. The van der Waals surface area contributed by atoms with Crippen LogP contribution in [0.15, 0.2) is 47.0 Å². The predicted molar refractivity (Wildman–Crippen MR) is 84.8 cm³/mol. The molecule has 0 unspecified atom stereocenters. The maximum Gasteiger partial charge on any atom is 0.190 e. The van der Waals surface area contributed by atoms with Crippen molar-refractivity contribution in [3.63, 3.8) is 0 Å². The van der Waals surface area contributed by atoms with Crippen molar-refractivity contribution in [3.05, 3.63) is 53.4 Å². The second kappa shape index (κ2) is 6.76. The van der Waals surface area contributed by atoms with Crippen molar-refractivity contribution in [2.75, 3.05) is 18.1 Å². The van der Waals surface area contributed by atoms with Crippen LogP contribution in [-0.2, 0) is 0 Å². The molecule has 0 aliphatic carbocycles. The maximum atomic E-state index is 10.4. The van der Waals surface area contributed by atoms with Gasteiger partial charge in [0.15, 0.2) is 12.0 Å². The fourth-order valence-corrected chi connectivity index (χ4v) is 1.81. The van der Waals surface area contributed by atoms with Gasteiger partial charge < -0.3 is 15.5 Å². The zero-order chi connectivity index (χ0) is 15.2. The number of benzene rings is 1. The van der Waals surface area contributed by atoms with Gasteiger partial charge in [-0.15, -0.1) is 0 Å². The minimum Gasteiger partial charge on any atom is -0.451 e. The smallest absolute Gasteiger partial charge is 0.190 e. The van der Waals surface area contributed by atoms with Crippen LogP contribution in [0, 0.1) is 0 Å². The van der Waals surface area contributed by atoms with Gasteiger partial charge in [0.2, 0.25) is 0 Å². The zero-order valence-corrected chi connectivity index (χ0v) is 12.1. The van der Waals surface area contributed by atoms with E-state index in [1.807, 2.05) is 31.3 Å². The molecule has 0 amide bonds. The molecule has 2 aromatic heterocycles. The lowest BCUT2D eigenvalue weighted by molar-refractivity contribution is 0.110. The monoisotopic (exact) mass is 303 g/mol. The van der Waals surface area contributed by atoms with E-state index in [1.165, 1.54) is 0 Å². The summed E-state index contributed by atoms with van der Waals surface area (Å²) in [5.74, 6) is 1.04. The highest BCUT2D eigenvalue weighted by atomic mass is 35.5. The number of hydrogen-bond donors (Lipinski definition) is 2. The molecule has 5 nitrogen and oxygen atoms in total. The van der Waals surface area contributed by atoms with Gasteiger partial charge in [-0.2, -0.15) is 0 Å². The van der Waals surface area contributed by atoms with Gasteiger partial charge >= 0.3 is 0 Å². The van der Waals surface area contributed by atoms with E-state index in [-0.39, 0.29) is 5.76 Å². The number of nitrogens with two attached hydrogens (primary N) is 1. The Bertz CT molecular complexity index is 738. The largest absolute Gasteiger partial charge is 0.451 e. The Morgan fingerprint density at radius 2 is 2.05 bits per heavy atom. The Morgan fingerprint density at radius 3 is 2.62 bits per heavy atom. The highest BCUT2D eigenvalue weighted by Crippen LogP contribution is 2.26. The first kappa shape index (κ1) is 14.9. The first-order valence-electron chi connectivity index (χ1n) is 6.17. The van der Waals surface area contributed by atoms with E-state index < -0.39 is 0 Å². The van der Waals surface area contributed by atoms with Crippen LogP contribution in [0.5, 0.6) is 0 Å². The van der Waals surface area contributed by atoms with E-state index in [0.717, 1.165) is 11.2 Å². The molecule has 0 bridgehead atoms. The number of furan rings is 1. The number of anilines is 2. The van der Waals surface area contributed by atoms with E-state index in [4.69, 9.17) is 21.8 Å². The van der Waals surface area contributed by atoms with Crippen LogP contribution >= 0.6 is 11.6 Å². The van der Waals surface area contributed by atoms with Crippen LogP contribution in [-0.4, -0.2) is 18.3 Å². The van der Waals surface area contributed by atoms with Gasteiger partial charge in [-0.25, -0.2) is 4.98 Å². The number of nitrogens with one attached hydrogen (secondary N) is 1. The number of nitrogen functional groups attached to an aromatic ring is 1. The SMILES string of the molecule is CNc1ccc(Cl)cn1.Nc1c(C=O)oc2ccccc12. The van der Waals surface area contributed by atoms with Crippen molar-refractivity contribution >= 4 is 40.4 Å². The van der Waals surface area contributed by atoms with Gasteiger partial charge in [0.1, 0.15) is 11.4 Å². The third kappa shape index (κ3) is 3.52. The molecule has 0 atom stereocenters. The summed E-state index contributed by atoms with van der Waals surface area (Å²) < 4.78 is 5.15. The number of pyridine rings is 1. The summed E-state index contributed by atoms with van der Waals surface area (Å²) in [5.41, 5.74) is 6.69. The number of aldehydes is 1. The predicted octanol–water partition coefficient (Wildman–Crippen LogP) is 3.60. The Kier molecular flexibility index (Phi) is 4.79. The van der Waals surface area contributed by atoms with Crippen LogP contribution in [0.2, 0.25) is 5.02 Å². The lowest BCUT2D eigenvalue weighted by atomic mass is 10.2. The number of para-hydroxylation sites is 1. The Hall–Kier alpha value is -2.53. The maximum absolute atomic E-state index is 10.4. The van der Waals surface area contributed by atoms with Gasteiger partial charge in [0, 0.05) is 18.6 Å². The minimum atomic E-state index is 0.205. The van der Waals surface area contributed by atoms with Crippen molar-refractivity contribution in [1.82, 2.24) is 4.98 Å². The van der Waals surface area contributed by atoms with Crippen molar-refractivity contribution in [1.29, 1.82) is 0 Å². The van der Waals surface area contributed by atoms with Crippen LogP contribution in [0.25, 0.3) is 11.0 Å². The standard InChI is InChI=1S/C9H7NO2.C6H7ClN2/c10-9-6-3-1-2-4-7(6)12-8(9)5-11;1-8-6-3-2-5(7)4-9-6/h1-5H,10H2;2-4H,1H3,(H,8,9). The highest BCUT2D eigenvalue weighted by molar-refractivity contribution is 6.30. The number of carbonyl (C=O) groups is 1. The minimum absolute atomic E-state index is 0.205. The molecular weight excluding hydrogens is 290 g/mol. The van der Waals surface area contributed by atoms with Gasteiger partial charge in [-0.05, 0) is 24.3 Å². The molecular formula is C15H14ClN3O2. The van der Waals surface area contributed by atoms with Gasteiger partial charge in [-0.3, -0.25) is 4.79 Å². The molecule has 0 radical (unpaired) electrons. The quantitative estimate of drug-likeness (QED) is 0.707. The third-order valence-corrected chi connectivity index (χ3v) is 2.98. The first-order valence-corrected chi connectivity index (χ1v) is 6.55. The summed E-state index contributed by atoms with van der Waals surface area (Å²) in [6.45, 7) is 0. The van der Waals surface area contributed by atoms with Gasteiger partial charge in [0.25, 0.3) is 0 Å². The van der Waals surface area contributed by atoms with Gasteiger partial charge in [0.05, 0.1) is 10.7 Å². The zero-order valence-electron chi connectivity index (χ0n) is 11.3. The molecule has 0 spiro atoms. The number of halogens is 1. The second-order valence-electron chi connectivity index (χ2n) is 4.11. The summed E-state index contributed by atoms with van der Waals surface area (Å²) in [5, 5.41) is 4.34. The summed E-state index contributed by atoms with van der Waals surface area (Å²) >= 11 is 5.58. The molecule has 3 rings (SSSR count). The van der Waals surface area contributed by atoms with Crippen molar-refractivity contribution in [2.24, 2.45) is 0 Å². The summed E-state index contributed by atoms with van der Waals surface area (Å²) in [6.07, 6.45) is 2.22. The van der Waals surface area contributed by atoms with Crippen LogP contribution < -0.4 is 11.1 Å². The molecule has 0 aliphatic rings. The number of fused-ring (bicyclic) bond motifs is 1. The van der Waals surface area contributed by atoms with Crippen molar-refractivity contribution < 1.29 is 9.21 Å². The fraction of sp³-hybridized carbons (Fsp3) is 0.0667. The Balaban J connectivity index is 0.000000161. The second-order valence-corrected chi connectivity index (χ2v) is 4.54. The molecule has 2 heterocycles. The third-order valence-electron chi connectivity index (χ3n) is 2.75. The lowest BCUT2D eigenvalue weighted by Gasteiger charge is -1.95. The van der Waals surface area contributed by atoms with Crippen LogP contribution in [0.1, 0.15) is 10.6 Å². The molecule has 108 valence electrons. The van der Waals surface area contributed by atoms with Gasteiger partial charge in [-0.1, -0.05) is 23.7 Å². The van der Waals surface area contributed by atoms with Crippen molar-refractivity contribution in [2.45, 2.75) is 0 Å². The average molecular weight is 304 g/mol. The van der Waals surface area contributed by atoms with E-state index in [0.29, 0.717) is 22.6 Å². The summed E-state index contributed by atoms with van der Waals surface area (Å²) in [4.78, 5) is 14.4. The molecule has 3 N–H and O–H groups in total. The fourth-order valence-electron chi connectivity index (χ4n) is 1.70. The topological polar surface area (TPSA) is 81.1 Å². The number of nitrogens with zero attached hydrogens (tertiary/aromatic N) is 1. The molecule has 1 aromatic carbocycles. The van der Waals surface area contributed by atoms with E-state index in [1.54, 1.807) is 18.3 Å². The number of aromatic nitrogens is 1. The Morgan fingerprint density at radius 1 is 1.29 bits per heavy atom. The lowest BCUT2D eigenvalue weighted by Crippen LogP contribution is -1.89. The Labute approximate surface area is 126 Å². The molecule has 6 heteroatoms. The normalized spacial score (nSPS) is 9.81. The van der Waals surface area contributed by atoms with Crippen molar-refractivity contribution in [3.8, 4) is 0 Å². The summed E-state index contributed by atoms with van der Waals surface area (Å²) in [7, 11) is 1.82.